The summed E-state index contributed by atoms with van der Waals surface area (Å²) in [5.41, 5.74) is 15.3. The molecule has 0 saturated heterocycles. The van der Waals surface area contributed by atoms with Crippen LogP contribution >= 0.6 is 0 Å². The number of ether oxygens (including phenoxy) is 8. The van der Waals surface area contributed by atoms with Gasteiger partial charge in [0.05, 0.1) is 148 Å². The Hall–Kier alpha value is -13.6. The number of aliphatic hydroxyl groups is 8. The Labute approximate surface area is 861 Å². The Morgan fingerprint density at radius 2 is 0.327 bits per heavy atom. The molecule has 8 N–H and O–H groups in total. The van der Waals surface area contributed by atoms with Gasteiger partial charge < -0.3 is 78.7 Å². The van der Waals surface area contributed by atoms with Crippen LogP contribution in [0.4, 0.5) is 0 Å². The van der Waals surface area contributed by atoms with E-state index < -0.39 is 87.0 Å². The van der Waals surface area contributed by atoms with Crippen LogP contribution in [-0.4, -0.2) is 192 Å². The Balaban J connectivity index is 0.000000344. The van der Waals surface area contributed by atoms with E-state index in [0.29, 0.717) is 117 Å². The first-order valence-corrected chi connectivity index (χ1v) is 54.0. The summed E-state index contributed by atoms with van der Waals surface area (Å²) in [6.07, 6.45) is 21.8. The van der Waals surface area contributed by atoms with Crippen molar-refractivity contribution in [2.45, 2.75) is 191 Å². The molecule has 784 valence electrons. The number of hydrogen-bond donors (Lipinski definition) is 8. The number of carbonyl (C=O) groups is 8. The van der Waals surface area contributed by atoms with Crippen molar-refractivity contribution in [1.29, 1.82) is 0 Å². The molecule has 10 aromatic carbocycles. The van der Waals surface area contributed by atoms with E-state index in [1.54, 1.807) is 60.7 Å². The Bertz CT molecular complexity index is 5780. The van der Waals surface area contributed by atoms with Crippen LogP contribution < -0.4 is 0 Å². The average molecular weight is 2190 g/mol. The van der Waals surface area contributed by atoms with Crippen LogP contribution in [0.15, 0.2) is 269 Å². The summed E-state index contributed by atoms with van der Waals surface area (Å²) in [4.78, 5) is 106. The SMILES string of the molecule is C=CCCCCCCOC(=O)c1cc(C(=O)OCCCCC=C)cc(-c2ccc(-c3ccc(-c4ccc(-c5cc(C(=O)OCCCCC=C)cc(C(=O)OCCCCC=C)c5)cc4)cc3)cc2)c1.O=C(OCCCCC(O)CO)c1cc(C(=O)OCCCCC(O)CO)cc(-c2ccc(-c3ccc(-c4ccc(-c5cc(C(=O)OCCCCC(O)CO)cc(C(=O)OCCCCC(O)CO)c5)cc4)cc3)cc2)c1.[O]=[Os](=[O])(=[O])=[O]. The third kappa shape index (κ3) is 43.2. The summed E-state index contributed by atoms with van der Waals surface area (Å²) < 4.78 is 78.9. The van der Waals surface area contributed by atoms with Crippen molar-refractivity contribution in [1.82, 2.24) is 0 Å². The van der Waals surface area contributed by atoms with Gasteiger partial charge in [-0.25, -0.2) is 38.4 Å². The number of esters is 8. The number of allylic oxidation sites excluding steroid dienone is 4. The van der Waals surface area contributed by atoms with Crippen molar-refractivity contribution in [2.75, 3.05) is 79.3 Å². The topological polar surface area (TPSA) is 441 Å². The average Bonchev–Trinajstić information content (AvgIpc) is 0.793. The van der Waals surface area contributed by atoms with Crippen molar-refractivity contribution < 1.29 is 146 Å². The molecule has 10 rings (SSSR count). The molecule has 0 heterocycles. The third-order valence-electron chi connectivity index (χ3n) is 23.7. The molecule has 0 aliphatic carbocycles. The van der Waals surface area contributed by atoms with E-state index in [1.807, 2.05) is 146 Å². The summed E-state index contributed by atoms with van der Waals surface area (Å²) in [6.45, 7) is 15.1. The van der Waals surface area contributed by atoms with Crippen molar-refractivity contribution in [3.8, 4) is 89.0 Å². The molecule has 0 bridgehead atoms. The van der Waals surface area contributed by atoms with Gasteiger partial charge in [0.1, 0.15) is 0 Å². The molecular formula is C118H136O28Os. The van der Waals surface area contributed by atoms with Gasteiger partial charge >= 0.3 is 76.8 Å². The minimum absolute atomic E-state index is 0.0843. The van der Waals surface area contributed by atoms with Gasteiger partial charge in [0, 0.05) is 0 Å². The fourth-order valence-corrected chi connectivity index (χ4v) is 15.4. The standard InChI is InChI=1S/C60H66O8.C58H70O16.4O.Os/c1-5-9-13-17-18-22-38-68-60(64)56-42-52(41-55(44-56)59(63)67-37-21-16-12-8-4)50-33-29-48(30-34-50)46-25-23-45(24-26-46)47-27-31-49(32-28-47)51-39-53(57(61)65-35-19-14-10-6-2)43-54(40-51)58(62)66-36-20-15-11-7-3;59-35-51(63)9-1-5-25-71-55(67)47-29-45(30-48(33-47)56(68)72-26-6-2-10-52(64)36-60)43-21-17-41(18-22-43)39-13-15-40(16-14-39)42-19-23-44(24-20-42)46-31-49(57(69)73-27-7-3-11-53(65)37-61)34-50(32-46)58(70)74-28-8-4-12-54(66)38-62;;;;;/h5-8,23-34,39-44H,1-4,9-22,35-38H2;13-24,29-34,51-54,59-66H,1-12,25-28,35-38H2;;;;;. The van der Waals surface area contributed by atoms with Gasteiger partial charge in [-0.1, -0.05) is 183 Å². The van der Waals surface area contributed by atoms with Gasteiger partial charge in [-0.3, -0.25) is 0 Å². The van der Waals surface area contributed by atoms with Crippen LogP contribution in [0, 0.1) is 0 Å². The molecule has 0 aromatic heterocycles. The van der Waals surface area contributed by atoms with Gasteiger partial charge in [-0.2, -0.15) is 0 Å². The predicted octanol–water partition coefficient (Wildman–Crippen LogP) is 21.8. The van der Waals surface area contributed by atoms with E-state index in [1.165, 1.54) is 12.1 Å². The molecule has 0 radical (unpaired) electrons. The summed E-state index contributed by atoms with van der Waals surface area (Å²) in [5, 5.41) is 74.7. The molecule has 0 aliphatic heterocycles. The zero-order valence-corrected chi connectivity index (χ0v) is 85.7. The molecule has 0 fully saturated rings. The van der Waals surface area contributed by atoms with Crippen molar-refractivity contribution in [2.24, 2.45) is 0 Å². The monoisotopic (exact) mass is 2190 g/mol. The Kier molecular flexibility index (Phi) is 53.1. The van der Waals surface area contributed by atoms with Crippen LogP contribution in [-0.2, 0) is 66.9 Å². The molecule has 10 aromatic rings. The summed E-state index contributed by atoms with van der Waals surface area (Å²) in [7, 11) is 0. The second kappa shape index (κ2) is 65.8. The predicted molar refractivity (Wildman–Crippen MR) is 555 cm³/mol. The molecule has 0 spiro atoms. The van der Waals surface area contributed by atoms with Gasteiger partial charge in [0.2, 0.25) is 0 Å². The molecule has 4 unspecified atom stereocenters. The van der Waals surface area contributed by atoms with Crippen LogP contribution in [0.3, 0.4) is 0 Å². The van der Waals surface area contributed by atoms with E-state index in [0.717, 1.165) is 157 Å². The summed E-state index contributed by atoms with van der Waals surface area (Å²) >= 11 is -6.06. The van der Waals surface area contributed by atoms with E-state index in [2.05, 4.69) is 50.6 Å². The van der Waals surface area contributed by atoms with Crippen LogP contribution in [0.25, 0.3) is 89.0 Å². The fourth-order valence-electron chi connectivity index (χ4n) is 15.4. The van der Waals surface area contributed by atoms with E-state index in [-0.39, 0.29) is 106 Å². The molecule has 0 amide bonds. The van der Waals surface area contributed by atoms with Crippen LogP contribution in [0.2, 0.25) is 0 Å². The zero-order chi connectivity index (χ0) is 106. The van der Waals surface area contributed by atoms with Gasteiger partial charge in [-0.05, 0) is 316 Å². The van der Waals surface area contributed by atoms with Crippen molar-refractivity contribution in [3.63, 3.8) is 0 Å². The van der Waals surface area contributed by atoms with E-state index >= 15 is 0 Å². The molecule has 147 heavy (non-hydrogen) atoms. The number of hydrogen-bond acceptors (Lipinski definition) is 28. The molecular weight excluding hydrogens is 2060 g/mol. The Morgan fingerprint density at radius 3 is 0.469 bits per heavy atom. The number of benzene rings is 10. The quantitative estimate of drug-likeness (QED) is 0.00759. The molecule has 0 saturated carbocycles. The molecule has 28 nitrogen and oxygen atoms in total. The zero-order valence-electron chi connectivity index (χ0n) is 83.2. The Morgan fingerprint density at radius 1 is 0.204 bits per heavy atom. The van der Waals surface area contributed by atoms with Gasteiger partial charge in [-0.15, -0.1) is 26.3 Å². The fraction of sp³-hybridized carbons (Fsp3) is 0.356. The van der Waals surface area contributed by atoms with Crippen LogP contribution in [0.5, 0.6) is 0 Å². The maximum absolute atomic E-state index is 13.3. The summed E-state index contributed by atoms with van der Waals surface area (Å²) in [6, 6.07) is 67.1. The van der Waals surface area contributed by atoms with Crippen molar-refractivity contribution in [3.05, 3.63) is 314 Å². The number of carbonyl (C=O) groups excluding carboxylic acids is 8. The van der Waals surface area contributed by atoms with Gasteiger partial charge in [0.15, 0.2) is 0 Å². The maximum atomic E-state index is 13.3. The number of unbranched alkanes of at least 4 members (excludes halogenated alkanes) is 14. The first-order chi connectivity index (χ1) is 71.0. The first kappa shape index (κ1) is 119. The second-order valence-electron chi connectivity index (χ2n) is 35.3. The number of rotatable bonds is 62. The van der Waals surface area contributed by atoms with E-state index in [9.17, 15) is 58.8 Å². The number of aliphatic hydroxyl groups excluding tert-OH is 8. The van der Waals surface area contributed by atoms with Gasteiger partial charge in [0.25, 0.3) is 0 Å². The molecule has 0 aliphatic rings. The first-order valence-electron chi connectivity index (χ1n) is 49.8. The van der Waals surface area contributed by atoms with Crippen LogP contribution in [0.1, 0.15) is 250 Å². The van der Waals surface area contributed by atoms with Crippen molar-refractivity contribution >= 4 is 47.8 Å². The van der Waals surface area contributed by atoms with E-state index in [4.69, 9.17) is 72.5 Å². The third-order valence-corrected chi connectivity index (χ3v) is 23.7. The molecule has 4 atom stereocenters. The summed E-state index contributed by atoms with van der Waals surface area (Å²) in [5.74, 6) is -4.46. The molecule has 29 heteroatoms. The normalized spacial score (nSPS) is 11.8. The minimum atomic E-state index is -6.06. The second-order valence-corrected chi connectivity index (χ2v) is 37.8.